The molecule has 66 heavy (non-hydrogen) atoms. The Hall–Kier alpha value is -4.19. The van der Waals surface area contributed by atoms with E-state index >= 15 is 0 Å². The fourth-order valence-corrected chi connectivity index (χ4v) is 6.86. The second kappa shape index (κ2) is 53.4. The molecule has 0 aliphatic heterocycles. The topological polar surface area (TPSA) is 78.9 Å². The van der Waals surface area contributed by atoms with Gasteiger partial charge in [0.1, 0.15) is 13.2 Å². The molecule has 1 unspecified atom stereocenters. The zero-order valence-corrected chi connectivity index (χ0v) is 42.4. The maximum absolute atomic E-state index is 12.8. The molecule has 1 atom stereocenters. The molecular formula is C60H96O6. The van der Waals surface area contributed by atoms with Crippen LogP contribution in [-0.2, 0) is 28.6 Å². The molecular weight excluding hydrogens is 817 g/mol. The predicted octanol–water partition coefficient (Wildman–Crippen LogP) is 17.7. The van der Waals surface area contributed by atoms with Gasteiger partial charge >= 0.3 is 17.9 Å². The summed E-state index contributed by atoms with van der Waals surface area (Å²) >= 11 is 0. The van der Waals surface area contributed by atoms with Crippen LogP contribution in [0.15, 0.2) is 122 Å². The Morgan fingerprint density at radius 2 is 0.667 bits per heavy atom. The van der Waals surface area contributed by atoms with Gasteiger partial charge < -0.3 is 14.2 Å². The van der Waals surface area contributed by atoms with Crippen LogP contribution >= 0.6 is 0 Å². The number of hydrogen-bond donors (Lipinski definition) is 0. The van der Waals surface area contributed by atoms with Gasteiger partial charge in [-0.3, -0.25) is 14.4 Å². The first-order valence-electron chi connectivity index (χ1n) is 26.6. The maximum Gasteiger partial charge on any atom is 0.306 e. The number of rotatable bonds is 46. The maximum atomic E-state index is 12.8. The summed E-state index contributed by atoms with van der Waals surface area (Å²) < 4.78 is 16.8. The van der Waals surface area contributed by atoms with Crippen LogP contribution in [0.2, 0.25) is 0 Å². The van der Waals surface area contributed by atoms with E-state index in [1.165, 1.54) is 64.2 Å². The average molecular weight is 913 g/mol. The van der Waals surface area contributed by atoms with Crippen LogP contribution in [0, 0.1) is 0 Å². The third-order valence-corrected chi connectivity index (χ3v) is 10.8. The Kier molecular flexibility index (Phi) is 50.0. The fourth-order valence-electron chi connectivity index (χ4n) is 6.86. The minimum Gasteiger partial charge on any atom is -0.462 e. The summed E-state index contributed by atoms with van der Waals surface area (Å²) in [4.78, 5) is 38.1. The largest absolute Gasteiger partial charge is 0.462 e. The Labute approximate surface area is 405 Å². The Morgan fingerprint density at radius 3 is 1.12 bits per heavy atom. The zero-order valence-electron chi connectivity index (χ0n) is 42.4. The van der Waals surface area contributed by atoms with E-state index in [0.717, 1.165) is 116 Å². The number of ether oxygens (including phenoxy) is 3. The van der Waals surface area contributed by atoms with Crippen LogP contribution in [0.25, 0.3) is 0 Å². The molecule has 0 saturated heterocycles. The highest BCUT2D eigenvalue weighted by molar-refractivity contribution is 5.71. The molecule has 0 bridgehead atoms. The van der Waals surface area contributed by atoms with Crippen LogP contribution in [0.5, 0.6) is 0 Å². The Balaban J connectivity index is 4.51. The second-order valence-corrected chi connectivity index (χ2v) is 17.1. The average Bonchev–Trinajstić information content (AvgIpc) is 3.31. The van der Waals surface area contributed by atoms with E-state index in [9.17, 15) is 14.4 Å². The van der Waals surface area contributed by atoms with Crippen molar-refractivity contribution in [2.45, 2.75) is 226 Å². The van der Waals surface area contributed by atoms with Gasteiger partial charge in [0.15, 0.2) is 6.10 Å². The number of carbonyl (C=O) groups excluding carboxylic acids is 3. The molecule has 372 valence electrons. The molecule has 0 aromatic rings. The minimum atomic E-state index is -0.810. The molecule has 0 N–H and O–H groups in total. The Morgan fingerprint density at radius 1 is 0.333 bits per heavy atom. The summed E-state index contributed by atoms with van der Waals surface area (Å²) in [6.07, 6.45) is 73.2. The molecule has 0 fully saturated rings. The van der Waals surface area contributed by atoms with Gasteiger partial charge in [-0.05, 0) is 103 Å². The lowest BCUT2D eigenvalue weighted by Crippen LogP contribution is -2.30. The molecule has 0 amide bonds. The van der Waals surface area contributed by atoms with Crippen LogP contribution in [0.1, 0.15) is 220 Å². The zero-order chi connectivity index (χ0) is 47.9. The van der Waals surface area contributed by atoms with Crippen molar-refractivity contribution in [3.05, 3.63) is 122 Å². The summed E-state index contributed by atoms with van der Waals surface area (Å²) in [5, 5.41) is 0. The van der Waals surface area contributed by atoms with Crippen LogP contribution in [-0.4, -0.2) is 37.2 Å². The van der Waals surface area contributed by atoms with Crippen molar-refractivity contribution in [1.82, 2.24) is 0 Å². The second-order valence-electron chi connectivity index (χ2n) is 17.1. The highest BCUT2D eigenvalue weighted by Gasteiger charge is 2.19. The number of hydrogen-bond acceptors (Lipinski definition) is 6. The van der Waals surface area contributed by atoms with Crippen LogP contribution in [0.3, 0.4) is 0 Å². The van der Waals surface area contributed by atoms with Gasteiger partial charge in [0.2, 0.25) is 0 Å². The van der Waals surface area contributed by atoms with Crippen molar-refractivity contribution in [2.24, 2.45) is 0 Å². The Bertz CT molecular complexity index is 1420. The molecule has 0 aromatic heterocycles. The first-order valence-corrected chi connectivity index (χ1v) is 26.6. The molecule has 0 heterocycles. The lowest BCUT2D eigenvalue weighted by molar-refractivity contribution is -0.167. The van der Waals surface area contributed by atoms with Crippen molar-refractivity contribution in [2.75, 3.05) is 13.2 Å². The predicted molar refractivity (Wildman–Crippen MR) is 283 cm³/mol. The molecule has 0 saturated carbocycles. The monoisotopic (exact) mass is 913 g/mol. The van der Waals surface area contributed by atoms with E-state index in [4.69, 9.17) is 14.2 Å². The molecule has 0 aliphatic carbocycles. The summed E-state index contributed by atoms with van der Waals surface area (Å²) in [7, 11) is 0. The molecule has 0 radical (unpaired) electrons. The van der Waals surface area contributed by atoms with Gasteiger partial charge in [-0.25, -0.2) is 0 Å². The summed E-state index contributed by atoms with van der Waals surface area (Å²) in [6, 6.07) is 0. The molecule has 0 rings (SSSR count). The lowest BCUT2D eigenvalue weighted by atomic mass is 10.1. The van der Waals surface area contributed by atoms with Gasteiger partial charge in [0.25, 0.3) is 0 Å². The van der Waals surface area contributed by atoms with E-state index in [2.05, 4.69) is 93.7 Å². The van der Waals surface area contributed by atoms with Crippen molar-refractivity contribution in [3.8, 4) is 0 Å². The molecule has 0 aromatic carbocycles. The van der Waals surface area contributed by atoms with Crippen LogP contribution < -0.4 is 0 Å². The summed E-state index contributed by atoms with van der Waals surface area (Å²) in [5.74, 6) is -0.974. The standard InChI is InChI=1S/C60H96O6/c1-4-7-10-13-16-19-22-25-28-30-33-35-38-41-44-47-50-53-59(62)65-56-57(55-64-58(61)52-49-46-43-40-37-34-31-27-24-21-18-15-12-9-6-3)66-60(63)54-51-48-45-42-39-36-32-29-26-23-20-17-14-11-8-5-2/h8-9,11-12,15-21,24-29,31,34,37,57H,4-7,10,13-14,22-23,30,32-33,35-36,38-56H2,1-3H3/b11-8-,12-9-,18-15-,19-16-,20-17-,24-21-,28-25-,29-26-,31-27-,37-34-. The van der Waals surface area contributed by atoms with Crippen molar-refractivity contribution < 1.29 is 28.6 Å². The highest BCUT2D eigenvalue weighted by atomic mass is 16.6. The van der Waals surface area contributed by atoms with E-state index in [0.29, 0.717) is 19.3 Å². The normalized spacial score (nSPS) is 13.1. The SMILES string of the molecule is CC\C=C/C=C\C=C/C=C\C=C/CCCCCC(=O)OCC(COC(=O)CCCCCCCCC/C=C\C/C=C\CCCCC)OC(=O)CCCCCCCC/C=C\C/C=C\C/C=C\CC. The van der Waals surface area contributed by atoms with Gasteiger partial charge in [-0.1, -0.05) is 219 Å². The van der Waals surface area contributed by atoms with Crippen molar-refractivity contribution >= 4 is 17.9 Å². The lowest BCUT2D eigenvalue weighted by Gasteiger charge is -2.18. The number of unbranched alkanes of at least 4 members (excludes halogenated alkanes) is 19. The molecule has 6 heteroatoms. The first-order chi connectivity index (χ1) is 32.5. The summed E-state index contributed by atoms with van der Waals surface area (Å²) in [5.41, 5.74) is 0. The minimum absolute atomic E-state index is 0.105. The number of allylic oxidation sites excluding steroid dienone is 20. The molecule has 0 aliphatic rings. The van der Waals surface area contributed by atoms with Gasteiger partial charge in [-0.15, -0.1) is 0 Å². The van der Waals surface area contributed by atoms with E-state index in [1.54, 1.807) is 0 Å². The first kappa shape index (κ1) is 61.8. The van der Waals surface area contributed by atoms with E-state index in [1.807, 2.05) is 48.6 Å². The van der Waals surface area contributed by atoms with Gasteiger partial charge in [-0.2, -0.15) is 0 Å². The van der Waals surface area contributed by atoms with Gasteiger partial charge in [0, 0.05) is 19.3 Å². The fraction of sp³-hybridized carbons (Fsp3) is 0.617. The van der Waals surface area contributed by atoms with Gasteiger partial charge in [0.05, 0.1) is 0 Å². The molecule has 6 nitrogen and oxygen atoms in total. The highest BCUT2D eigenvalue weighted by Crippen LogP contribution is 2.13. The quantitative estimate of drug-likeness (QED) is 0.0199. The number of carbonyl (C=O) groups is 3. The van der Waals surface area contributed by atoms with E-state index < -0.39 is 6.10 Å². The van der Waals surface area contributed by atoms with E-state index in [-0.39, 0.29) is 31.1 Å². The third kappa shape index (κ3) is 50.8. The summed E-state index contributed by atoms with van der Waals surface area (Å²) in [6.45, 7) is 6.29. The van der Waals surface area contributed by atoms with Crippen molar-refractivity contribution in [3.63, 3.8) is 0 Å². The third-order valence-electron chi connectivity index (χ3n) is 10.8. The number of esters is 3. The molecule has 0 spiro atoms. The smallest absolute Gasteiger partial charge is 0.306 e. The van der Waals surface area contributed by atoms with Crippen LogP contribution in [0.4, 0.5) is 0 Å². The van der Waals surface area contributed by atoms with Crippen molar-refractivity contribution in [1.29, 1.82) is 0 Å².